The number of hydrogen-bond acceptors (Lipinski definition) is 5. The third-order valence-electron chi connectivity index (χ3n) is 2.20. The van der Waals surface area contributed by atoms with Gasteiger partial charge < -0.3 is 0 Å². The van der Waals surface area contributed by atoms with Crippen molar-refractivity contribution in [2.75, 3.05) is 0 Å². The average Bonchev–Trinajstić information content (AvgIpc) is 2.38. The highest BCUT2D eigenvalue weighted by atomic mass is 35.5. The van der Waals surface area contributed by atoms with E-state index in [2.05, 4.69) is 9.97 Å². The van der Waals surface area contributed by atoms with Crippen molar-refractivity contribution in [3.05, 3.63) is 63.2 Å². The summed E-state index contributed by atoms with van der Waals surface area (Å²) >= 11 is 5.74. The Morgan fingerprint density at radius 2 is 2.11 bits per heavy atom. The van der Waals surface area contributed by atoms with Crippen LogP contribution in [0.3, 0.4) is 0 Å². The molecule has 0 amide bonds. The van der Waals surface area contributed by atoms with Crippen LogP contribution in [-0.2, 0) is 0 Å². The highest BCUT2D eigenvalue weighted by Crippen LogP contribution is 2.24. The Hall–Kier alpha value is -2.34. The summed E-state index contributed by atoms with van der Waals surface area (Å²) in [5.74, 6) is -0.586. The molecule has 1 aromatic carbocycles. The normalized spacial score (nSPS) is 10.1. The van der Waals surface area contributed by atoms with Gasteiger partial charge >= 0.3 is 0 Å². The number of carbonyl (C=O) groups is 1. The number of aromatic nitrogens is 2. The highest BCUT2D eigenvalue weighted by Gasteiger charge is 2.22. The first-order valence-corrected chi connectivity index (χ1v) is 5.22. The molecule has 0 aliphatic rings. The number of nitro groups is 1. The van der Waals surface area contributed by atoms with E-state index in [9.17, 15) is 14.9 Å². The van der Waals surface area contributed by atoms with Gasteiger partial charge in [-0.05, 0) is 12.1 Å². The molecule has 0 unspecified atom stereocenters. The molecular formula is C11H6ClN3O3. The number of nitrogens with zero attached hydrogens (tertiary/aromatic N) is 3. The lowest BCUT2D eigenvalue weighted by Gasteiger charge is -2.02. The molecule has 0 spiro atoms. The van der Waals surface area contributed by atoms with Crippen LogP contribution in [0.2, 0.25) is 5.02 Å². The van der Waals surface area contributed by atoms with Gasteiger partial charge in [0.1, 0.15) is 11.3 Å². The summed E-state index contributed by atoms with van der Waals surface area (Å²) < 4.78 is 0. The summed E-state index contributed by atoms with van der Waals surface area (Å²) in [5.41, 5.74) is -0.383. The van der Waals surface area contributed by atoms with Crippen LogP contribution in [0.1, 0.15) is 16.1 Å². The molecule has 1 heterocycles. The number of ketones is 1. The van der Waals surface area contributed by atoms with Crippen molar-refractivity contribution in [3.63, 3.8) is 0 Å². The number of halogens is 1. The molecule has 0 fully saturated rings. The van der Waals surface area contributed by atoms with Gasteiger partial charge in [-0.25, -0.2) is 4.98 Å². The van der Waals surface area contributed by atoms with E-state index >= 15 is 0 Å². The second-order valence-corrected chi connectivity index (χ2v) is 3.77. The SMILES string of the molecule is O=C(c1cnccn1)c1cc(Cl)ccc1[N+](=O)[O-]. The van der Waals surface area contributed by atoms with Gasteiger partial charge in [-0.2, -0.15) is 0 Å². The first kappa shape index (κ1) is 12.1. The van der Waals surface area contributed by atoms with Gasteiger partial charge in [0.05, 0.1) is 11.1 Å². The molecule has 0 saturated heterocycles. The fourth-order valence-corrected chi connectivity index (χ4v) is 1.58. The summed E-state index contributed by atoms with van der Waals surface area (Å²) in [6.45, 7) is 0. The van der Waals surface area contributed by atoms with Crippen LogP contribution in [0.4, 0.5) is 5.69 Å². The highest BCUT2D eigenvalue weighted by molar-refractivity contribution is 6.31. The molecular weight excluding hydrogens is 258 g/mol. The Bertz CT molecular complexity index is 616. The molecule has 1 aromatic heterocycles. The monoisotopic (exact) mass is 263 g/mol. The average molecular weight is 264 g/mol. The third-order valence-corrected chi connectivity index (χ3v) is 2.43. The van der Waals surface area contributed by atoms with E-state index in [1.807, 2.05) is 0 Å². The minimum Gasteiger partial charge on any atom is -0.287 e. The summed E-state index contributed by atoms with van der Waals surface area (Å²) in [4.78, 5) is 29.8. The van der Waals surface area contributed by atoms with Gasteiger partial charge in [0.25, 0.3) is 5.69 Å². The number of nitro benzene ring substituents is 1. The Labute approximate surface area is 106 Å². The molecule has 2 rings (SSSR count). The largest absolute Gasteiger partial charge is 0.287 e. The van der Waals surface area contributed by atoms with Gasteiger partial charge in [0, 0.05) is 23.5 Å². The second kappa shape index (κ2) is 4.89. The van der Waals surface area contributed by atoms with Crippen LogP contribution in [0.25, 0.3) is 0 Å². The number of benzene rings is 1. The molecule has 2 aromatic rings. The molecule has 0 bridgehead atoms. The quantitative estimate of drug-likeness (QED) is 0.482. The zero-order chi connectivity index (χ0) is 13.1. The maximum Gasteiger partial charge on any atom is 0.280 e. The van der Waals surface area contributed by atoms with Crippen LogP contribution in [0, 0.1) is 10.1 Å². The van der Waals surface area contributed by atoms with E-state index in [-0.39, 0.29) is 22.0 Å². The molecule has 0 atom stereocenters. The van der Waals surface area contributed by atoms with E-state index in [0.29, 0.717) is 0 Å². The zero-order valence-corrected chi connectivity index (χ0v) is 9.66. The maximum atomic E-state index is 12.1. The van der Waals surface area contributed by atoms with E-state index in [1.165, 1.54) is 36.8 Å². The van der Waals surface area contributed by atoms with Crippen molar-refractivity contribution < 1.29 is 9.72 Å². The summed E-state index contributed by atoms with van der Waals surface area (Å²) in [5, 5.41) is 11.1. The van der Waals surface area contributed by atoms with Crippen molar-refractivity contribution in [1.82, 2.24) is 9.97 Å². The number of rotatable bonds is 3. The van der Waals surface area contributed by atoms with Gasteiger partial charge in [0.15, 0.2) is 0 Å². The predicted octanol–water partition coefficient (Wildman–Crippen LogP) is 2.27. The molecule has 18 heavy (non-hydrogen) atoms. The van der Waals surface area contributed by atoms with E-state index < -0.39 is 10.7 Å². The van der Waals surface area contributed by atoms with Crippen molar-refractivity contribution in [1.29, 1.82) is 0 Å². The standard InChI is InChI=1S/C11H6ClN3O3/c12-7-1-2-10(15(17)18)8(5-7)11(16)9-6-13-3-4-14-9/h1-6H. The Kier molecular flexibility index (Phi) is 3.29. The van der Waals surface area contributed by atoms with E-state index in [4.69, 9.17) is 11.6 Å². The molecule has 0 saturated carbocycles. The molecule has 6 nitrogen and oxygen atoms in total. The van der Waals surface area contributed by atoms with Gasteiger partial charge in [-0.1, -0.05) is 11.6 Å². The molecule has 0 N–H and O–H groups in total. The number of hydrogen-bond donors (Lipinski definition) is 0. The Balaban J connectivity index is 2.54. The van der Waals surface area contributed by atoms with Crippen molar-refractivity contribution >= 4 is 23.1 Å². The summed E-state index contributed by atoms with van der Waals surface area (Å²) in [7, 11) is 0. The van der Waals surface area contributed by atoms with Crippen LogP contribution >= 0.6 is 11.6 Å². The minimum absolute atomic E-state index is 0.0304. The Morgan fingerprint density at radius 1 is 1.33 bits per heavy atom. The van der Waals surface area contributed by atoms with Crippen LogP contribution in [-0.4, -0.2) is 20.7 Å². The fourth-order valence-electron chi connectivity index (χ4n) is 1.40. The Morgan fingerprint density at radius 3 is 2.72 bits per heavy atom. The van der Waals surface area contributed by atoms with Gasteiger partial charge in [0.2, 0.25) is 5.78 Å². The second-order valence-electron chi connectivity index (χ2n) is 3.34. The van der Waals surface area contributed by atoms with Crippen LogP contribution in [0.15, 0.2) is 36.8 Å². The van der Waals surface area contributed by atoms with Crippen molar-refractivity contribution in [3.8, 4) is 0 Å². The van der Waals surface area contributed by atoms with Crippen LogP contribution in [0.5, 0.6) is 0 Å². The zero-order valence-electron chi connectivity index (χ0n) is 8.91. The molecule has 0 radical (unpaired) electrons. The van der Waals surface area contributed by atoms with Gasteiger partial charge in [-0.15, -0.1) is 0 Å². The van der Waals surface area contributed by atoms with Crippen molar-refractivity contribution in [2.45, 2.75) is 0 Å². The van der Waals surface area contributed by atoms with E-state index in [1.54, 1.807) is 0 Å². The summed E-state index contributed by atoms with van der Waals surface area (Å²) in [6, 6.07) is 3.79. The van der Waals surface area contributed by atoms with Crippen molar-refractivity contribution in [2.24, 2.45) is 0 Å². The molecule has 90 valence electrons. The van der Waals surface area contributed by atoms with Gasteiger partial charge in [-0.3, -0.25) is 19.9 Å². The first-order chi connectivity index (χ1) is 8.59. The first-order valence-electron chi connectivity index (χ1n) is 4.84. The maximum absolute atomic E-state index is 12.1. The topological polar surface area (TPSA) is 86.0 Å². The molecule has 0 aliphatic heterocycles. The molecule has 0 aliphatic carbocycles. The predicted molar refractivity (Wildman–Crippen MR) is 63.6 cm³/mol. The lowest BCUT2D eigenvalue weighted by molar-refractivity contribution is -0.385. The fraction of sp³-hybridized carbons (Fsp3) is 0. The van der Waals surface area contributed by atoms with E-state index in [0.717, 1.165) is 0 Å². The smallest absolute Gasteiger partial charge is 0.280 e. The lowest BCUT2D eigenvalue weighted by atomic mass is 10.1. The minimum atomic E-state index is -0.639. The lowest BCUT2D eigenvalue weighted by Crippen LogP contribution is -2.07. The number of carbonyl (C=O) groups excluding carboxylic acids is 1. The molecule has 7 heteroatoms. The third kappa shape index (κ3) is 2.33. The summed E-state index contributed by atoms with van der Waals surface area (Å²) in [6.07, 6.45) is 3.99. The van der Waals surface area contributed by atoms with Crippen LogP contribution < -0.4 is 0 Å².